The van der Waals surface area contributed by atoms with E-state index in [1.807, 2.05) is 0 Å². The molecule has 1 saturated heterocycles. The molecule has 1 aromatic heterocycles. The van der Waals surface area contributed by atoms with E-state index >= 15 is 0 Å². The molecule has 41 heavy (non-hydrogen) atoms. The number of ether oxygens (including phenoxy) is 1. The van der Waals surface area contributed by atoms with Crippen LogP contribution in [-0.2, 0) is 31.4 Å². The van der Waals surface area contributed by atoms with Gasteiger partial charge in [-0.1, -0.05) is 72.4 Å². The number of aryl methyl sites for hydroxylation is 1. The van der Waals surface area contributed by atoms with Crippen molar-refractivity contribution in [1.82, 2.24) is 29.8 Å². The van der Waals surface area contributed by atoms with E-state index in [1.165, 1.54) is 21.2 Å². The second kappa shape index (κ2) is 11.5. The van der Waals surface area contributed by atoms with Crippen molar-refractivity contribution in [2.75, 3.05) is 11.5 Å². The van der Waals surface area contributed by atoms with Gasteiger partial charge in [0, 0.05) is 18.6 Å². The first-order chi connectivity index (χ1) is 19.5. The zero-order valence-electron chi connectivity index (χ0n) is 21.1. The normalized spacial score (nSPS) is 19.2. The highest BCUT2D eigenvalue weighted by molar-refractivity contribution is 8.01. The SMILES string of the molecule is Cn1nnnc1SCC1=C(C(=O)OC(c2ccccc2)c2ccccc2)N2C(=O)C(NS(=O)(=O)C(F)(F)F)[C@@H]2SC1. The third-order valence-electron chi connectivity index (χ3n) is 6.21. The van der Waals surface area contributed by atoms with E-state index in [9.17, 15) is 31.2 Å². The Kier molecular flexibility index (Phi) is 8.13. The van der Waals surface area contributed by atoms with Crippen LogP contribution in [0.25, 0.3) is 0 Å². The van der Waals surface area contributed by atoms with Crippen molar-refractivity contribution in [3.8, 4) is 0 Å². The summed E-state index contributed by atoms with van der Waals surface area (Å²) in [5.74, 6) is -1.61. The minimum Gasteiger partial charge on any atom is -0.448 e. The second-order valence-electron chi connectivity index (χ2n) is 8.89. The summed E-state index contributed by atoms with van der Waals surface area (Å²) in [7, 11) is -4.18. The summed E-state index contributed by atoms with van der Waals surface area (Å²) in [5, 5.41) is 10.6. The molecule has 1 N–H and O–H groups in total. The molecule has 2 aromatic carbocycles. The van der Waals surface area contributed by atoms with Crippen molar-refractivity contribution in [2.45, 2.75) is 28.2 Å². The number of tetrazole rings is 1. The molecular weight excluding hydrogens is 605 g/mol. The highest BCUT2D eigenvalue weighted by atomic mass is 32.2. The van der Waals surface area contributed by atoms with Crippen LogP contribution in [0, 0.1) is 0 Å². The summed E-state index contributed by atoms with van der Waals surface area (Å²) in [5.41, 5.74) is -3.99. The molecule has 1 amide bonds. The lowest BCUT2D eigenvalue weighted by atomic mass is 10.0. The van der Waals surface area contributed by atoms with Crippen molar-refractivity contribution < 1.29 is 35.9 Å². The summed E-state index contributed by atoms with van der Waals surface area (Å²) in [6.07, 6.45) is -0.863. The zero-order chi connectivity index (χ0) is 29.4. The summed E-state index contributed by atoms with van der Waals surface area (Å²) in [6.45, 7) is 0. The molecule has 0 radical (unpaired) electrons. The minimum atomic E-state index is -5.80. The Morgan fingerprint density at radius 1 is 1.15 bits per heavy atom. The number of nitrogens with one attached hydrogen (secondary N) is 1. The molecule has 17 heteroatoms. The fourth-order valence-corrected chi connectivity index (χ4v) is 7.35. The van der Waals surface area contributed by atoms with Gasteiger partial charge in [-0.3, -0.25) is 9.69 Å². The lowest BCUT2D eigenvalue weighted by molar-refractivity contribution is -0.153. The average Bonchev–Trinajstić information content (AvgIpc) is 3.37. The molecule has 3 heterocycles. The number of rotatable bonds is 9. The number of nitrogens with zero attached hydrogens (tertiary/aromatic N) is 5. The van der Waals surface area contributed by atoms with Crippen molar-refractivity contribution in [1.29, 1.82) is 0 Å². The van der Waals surface area contributed by atoms with Crippen LogP contribution >= 0.6 is 23.5 Å². The van der Waals surface area contributed by atoms with Crippen LogP contribution in [0.3, 0.4) is 0 Å². The number of fused-ring (bicyclic) bond motifs is 1. The van der Waals surface area contributed by atoms with Gasteiger partial charge in [0.25, 0.3) is 0 Å². The first kappa shape index (κ1) is 29.1. The summed E-state index contributed by atoms with van der Waals surface area (Å²) in [4.78, 5) is 27.9. The number of β-lactam (4-membered cyclic amide) rings is 1. The van der Waals surface area contributed by atoms with Gasteiger partial charge in [-0.25, -0.2) is 17.9 Å². The van der Waals surface area contributed by atoms with Crippen molar-refractivity contribution in [2.24, 2.45) is 7.05 Å². The van der Waals surface area contributed by atoms with E-state index in [-0.39, 0.29) is 17.2 Å². The van der Waals surface area contributed by atoms with Gasteiger partial charge in [0.05, 0.1) is 0 Å². The highest BCUT2D eigenvalue weighted by Crippen LogP contribution is 2.43. The Morgan fingerprint density at radius 2 is 1.76 bits per heavy atom. The van der Waals surface area contributed by atoms with Crippen molar-refractivity contribution in [3.63, 3.8) is 0 Å². The average molecular weight is 627 g/mol. The maximum absolute atomic E-state index is 13.8. The van der Waals surface area contributed by atoms with Gasteiger partial charge in [0.15, 0.2) is 6.10 Å². The number of amides is 1. The van der Waals surface area contributed by atoms with E-state index in [2.05, 4.69) is 15.5 Å². The van der Waals surface area contributed by atoms with E-state index in [1.54, 1.807) is 67.7 Å². The predicted molar refractivity (Wildman–Crippen MR) is 142 cm³/mol. The summed E-state index contributed by atoms with van der Waals surface area (Å²) in [6, 6.07) is 16.1. The Labute approximate surface area is 240 Å². The van der Waals surface area contributed by atoms with Crippen LogP contribution in [0.4, 0.5) is 13.2 Å². The fourth-order valence-electron chi connectivity index (χ4n) is 4.23. The highest BCUT2D eigenvalue weighted by Gasteiger charge is 2.58. The predicted octanol–water partition coefficient (Wildman–Crippen LogP) is 2.61. The number of sulfonamides is 1. The molecular formula is C24H21F3N6O5S3. The van der Waals surface area contributed by atoms with Crippen molar-refractivity contribution >= 4 is 45.4 Å². The standard InChI is InChI=1S/C24H21F3N6O5S3/c1-32-23(28-30-31-32)40-13-16-12-39-21-17(29-41(36,37)24(25,26)27)20(34)33(21)18(16)22(35)38-19(14-8-4-2-5-9-14)15-10-6-3-7-11-15/h2-11,17,19,21,29H,12-13H2,1H3/t17?,21-/m0/s1. The molecule has 5 rings (SSSR count). The van der Waals surface area contributed by atoms with E-state index in [4.69, 9.17) is 4.74 Å². The molecule has 0 aliphatic carbocycles. The van der Waals surface area contributed by atoms with Gasteiger partial charge < -0.3 is 4.74 Å². The lowest BCUT2D eigenvalue weighted by Gasteiger charge is -2.49. The number of esters is 1. The molecule has 216 valence electrons. The number of hydrogen-bond donors (Lipinski definition) is 1. The fraction of sp³-hybridized carbons (Fsp3) is 0.292. The topological polar surface area (TPSA) is 136 Å². The smallest absolute Gasteiger partial charge is 0.448 e. The first-order valence-electron chi connectivity index (χ1n) is 11.9. The molecule has 0 spiro atoms. The molecule has 1 unspecified atom stereocenters. The van der Waals surface area contributed by atoms with Crippen LogP contribution in [0.2, 0.25) is 0 Å². The Hall–Kier alpha value is -3.41. The van der Waals surface area contributed by atoms with E-state index in [0.29, 0.717) is 21.9 Å². The zero-order valence-corrected chi connectivity index (χ0v) is 23.5. The summed E-state index contributed by atoms with van der Waals surface area (Å²) < 4.78 is 71.4. The maximum Gasteiger partial charge on any atom is 0.511 e. The largest absolute Gasteiger partial charge is 0.511 e. The van der Waals surface area contributed by atoms with Crippen LogP contribution in [-0.4, -0.2) is 73.8 Å². The van der Waals surface area contributed by atoms with Gasteiger partial charge >= 0.3 is 21.5 Å². The summed E-state index contributed by atoms with van der Waals surface area (Å²) >= 11 is 2.22. The Bertz CT molecular complexity index is 1550. The molecule has 2 aliphatic heterocycles. The second-order valence-corrected chi connectivity index (χ2v) is 12.6. The van der Waals surface area contributed by atoms with Gasteiger partial charge in [0.2, 0.25) is 11.1 Å². The number of benzene rings is 2. The number of halogens is 3. The monoisotopic (exact) mass is 626 g/mol. The minimum absolute atomic E-state index is 0.114. The molecule has 3 aromatic rings. The number of carbonyl (C=O) groups excluding carboxylic acids is 2. The molecule has 0 bridgehead atoms. The molecule has 2 atom stereocenters. The molecule has 0 saturated carbocycles. The third-order valence-corrected chi connectivity index (χ3v) is 9.82. The van der Waals surface area contributed by atoms with Crippen LogP contribution in [0.1, 0.15) is 17.2 Å². The van der Waals surface area contributed by atoms with Gasteiger partial charge in [-0.15, -0.1) is 16.9 Å². The van der Waals surface area contributed by atoms with E-state index in [0.717, 1.165) is 16.7 Å². The number of alkyl halides is 3. The molecule has 2 aliphatic rings. The van der Waals surface area contributed by atoms with Gasteiger partial charge in [0.1, 0.15) is 17.1 Å². The van der Waals surface area contributed by atoms with Crippen LogP contribution in [0.5, 0.6) is 0 Å². The molecule has 11 nitrogen and oxygen atoms in total. The van der Waals surface area contributed by atoms with Crippen LogP contribution in [0.15, 0.2) is 77.1 Å². The number of thioether (sulfide) groups is 2. The number of hydrogen-bond acceptors (Lipinski definition) is 10. The number of aromatic nitrogens is 4. The van der Waals surface area contributed by atoms with Gasteiger partial charge in [-0.05, 0) is 27.1 Å². The Balaban J connectivity index is 1.48. The Morgan fingerprint density at radius 3 is 2.29 bits per heavy atom. The van der Waals surface area contributed by atoms with Crippen molar-refractivity contribution in [3.05, 3.63) is 83.1 Å². The lowest BCUT2D eigenvalue weighted by Crippen LogP contribution is -2.71. The van der Waals surface area contributed by atoms with E-state index < -0.39 is 44.9 Å². The maximum atomic E-state index is 13.8. The first-order valence-corrected chi connectivity index (χ1v) is 15.4. The number of carbonyl (C=O) groups is 2. The third kappa shape index (κ3) is 5.84. The van der Waals surface area contributed by atoms with Gasteiger partial charge in [-0.2, -0.15) is 17.9 Å². The quantitative estimate of drug-likeness (QED) is 0.215. The van der Waals surface area contributed by atoms with Crippen LogP contribution < -0.4 is 4.72 Å². The molecule has 1 fully saturated rings.